The second-order valence-corrected chi connectivity index (χ2v) is 12.9. The van der Waals surface area contributed by atoms with E-state index in [2.05, 4.69) is 42.3 Å². The first-order chi connectivity index (χ1) is 24.8. The van der Waals surface area contributed by atoms with Gasteiger partial charge in [0.2, 0.25) is 5.91 Å². The molecule has 8 nitrogen and oxygen atoms in total. The summed E-state index contributed by atoms with van der Waals surface area (Å²) in [6, 6.07) is 17.3. The third kappa shape index (κ3) is 22.9. The van der Waals surface area contributed by atoms with Crippen LogP contribution in [0.2, 0.25) is 0 Å². The van der Waals surface area contributed by atoms with Gasteiger partial charge in [0.1, 0.15) is 30.8 Å². The number of carbonyl (C=O) groups excluding carboxylic acids is 4. The lowest BCUT2D eigenvalue weighted by Crippen LogP contribution is -2.50. The van der Waals surface area contributed by atoms with E-state index < -0.39 is 23.9 Å². The van der Waals surface area contributed by atoms with E-state index in [1.165, 1.54) is 67.8 Å². The normalized spacial score (nSPS) is 11.0. The zero-order chi connectivity index (χ0) is 40.1. The Hall–Kier alpha value is -3.85. The SMILES string of the molecule is C=O.CC=O.CCCC(C)CCC.CCc1cccc(CN(C[C@@H](O)CN)C(=O)C(CC)NC(=O)c2cccc(F)c2)c1.Cc1cc(F)cc(P)c1. The number of aldehydes is 1. The zero-order valence-corrected chi connectivity index (χ0v) is 33.3. The van der Waals surface area contributed by atoms with Crippen molar-refractivity contribution in [2.45, 2.75) is 106 Å². The Morgan fingerprint density at radius 3 is 2.00 bits per heavy atom. The van der Waals surface area contributed by atoms with Gasteiger partial charge in [0.05, 0.1) is 6.10 Å². The van der Waals surface area contributed by atoms with Crippen molar-refractivity contribution in [2.24, 2.45) is 11.7 Å². The Labute approximate surface area is 313 Å². The summed E-state index contributed by atoms with van der Waals surface area (Å²) in [5.41, 5.74) is 8.72. The fourth-order valence-corrected chi connectivity index (χ4v) is 5.48. The molecule has 290 valence electrons. The van der Waals surface area contributed by atoms with E-state index in [1.807, 2.05) is 44.0 Å². The summed E-state index contributed by atoms with van der Waals surface area (Å²) in [6.07, 6.45) is 6.61. The molecule has 3 atom stereocenters. The number of hydrogen-bond donors (Lipinski definition) is 3. The Kier molecular flexibility index (Phi) is 29.7. The highest BCUT2D eigenvalue weighted by atomic mass is 31.0. The van der Waals surface area contributed by atoms with Gasteiger partial charge in [0.15, 0.2) is 0 Å². The van der Waals surface area contributed by atoms with Gasteiger partial charge < -0.3 is 30.6 Å². The van der Waals surface area contributed by atoms with E-state index in [1.54, 1.807) is 6.92 Å². The molecule has 0 aliphatic carbocycles. The molecule has 0 bridgehead atoms. The minimum Gasteiger partial charge on any atom is -0.390 e. The Morgan fingerprint density at radius 1 is 0.942 bits per heavy atom. The number of benzene rings is 3. The molecule has 3 aromatic rings. The molecule has 0 fully saturated rings. The van der Waals surface area contributed by atoms with E-state index in [4.69, 9.17) is 15.3 Å². The molecule has 4 N–H and O–H groups in total. The fraction of sp³-hybridized carbons (Fsp3) is 0.463. The number of carbonyl (C=O) groups is 4. The quantitative estimate of drug-likeness (QED) is 0.119. The standard InChI is InChI=1S/C23H30FN3O3.C8H18.C7H8FP.C2H4O.CH2O/c1-3-16-7-5-8-17(11-16)14-27(15-20(28)13-25)23(30)21(4-2)26-22(29)18-9-6-10-19(24)12-18;1-4-6-8(3)7-5-2;1-5-2-6(8)4-7(9)3-5;1-2-3;1-2/h5-12,20-21,28H,3-4,13-15,25H2,1-2H3,(H,26,29);8H,4-7H2,1-3H3;2-4H,9H2,1H3;2H,1H3;1H2/t20-,21?;;;;/m0..../s1. The van der Waals surface area contributed by atoms with Crippen LogP contribution in [0.3, 0.4) is 0 Å². The van der Waals surface area contributed by atoms with Crippen LogP contribution in [0.15, 0.2) is 66.7 Å². The van der Waals surface area contributed by atoms with Crippen molar-refractivity contribution >= 4 is 39.4 Å². The molecular weight excluding hydrogens is 683 g/mol. The van der Waals surface area contributed by atoms with Crippen LogP contribution in [-0.2, 0) is 27.3 Å². The van der Waals surface area contributed by atoms with Gasteiger partial charge in [-0.1, -0.05) is 96.7 Å². The lowest BCUT2D eigenvalue weighted by Gasteiger charge is -2.29. The monoisotopic (exact) mass is 745 g/mol. The number of nitrogens with zero attached hydrogens (tertiary/aromatic N) is 1. The van der Waals surface area contributed by atoms with Gasteiger partial charge in [0, 0.05) is 25.2 Å². The maximum Gasteiger partial charge on any atom is 0.252 e. The van der Waals surface area contributed by atoms with Crippen molar-refractivity contribution in [3.63, 3.8) is 0 Å². The van der Waals surface area contributed by atoms with Crippen molar-refractivity contribution in [2.75, 3.05) is 13.1 Å². The first-order valence-corrected chi connectivity index (χ1v) is 18.4. The third-order valence-corrected chi connectivity index (χ3v) is 7.85. The average molecular weight is 746 g/mol. The largest absolute Gasteiger partial charge is 0.390 e. The molecule has 0 aromatic heterocycles. The molecule has 2 unspecified atom stereocenters. The molecule has 52 heavy (non-hydrogen) atoms. The van der Waals surface area contributed by atoms with E-state index in [9.17, 15) is 23.5 Å². The van der Waals surface area contributed by atoms with Gasteiger partial charge in [-0.2, -0.15) is 0 Å². The van der Waals surface area contributed by atoms with Crippen molar-refractivity contribution in [3.05, 3.63) is 101 Å². The predicted octanol–water partition coefficient (Wildman–Crippen LogP) is 7.12. The average Bonchev–Trinajstić information content (AvgIpc) is 3.11. The first kappa shape index (κ1) is 50.3. The number of nitrogens with two attached hydrogens (primary N) is 1. The number of aliphatic hydroxyl groups is 1. The summed E-state index contributed by atoms with van der Waals surface area (Å²) in [7, 11) is 2.46. The summed E-state index contributed by atoms with van der Waals surface area (Å²) in [5.74, 6) is -0.575. The van der Waals surface area contributed by atoms with Crippen LogP contribution in [0.25, 0.3) is 0 Å². The van der Waals surface area contributed by atoms with Crippen LogP contribution >= 0.6 is 9.24 Å². The molecule has 3 aromatic carbocycles. The van der Waals surface area contributed by atoms with Crippen molar-refractivity contribution in [3.8, 4) is 0 Å². The number of nitrogens with one attached hydrogen (secondary N) is 1. The van der Waals surface area contributed by atoms with Crippen molar-refractivity contribution < 1.29 is 33.1 Å². The molecule has 11 heteroatoms. The number of hydrogen-bond acceptors (Lipinski definition) is 6. The number of aliphatic hydroxyl groups excluding tert-OH is 1. The highest BCUT2D eigenvalue weighted by Crippen LogP contribution is 2.13. The van der Waals surface area contributed by atoms with Crippen molar-refractivity contribution in [1.29, 1.82) is 0 Å². The zero-order valence-electron chi connectivity index (χ0n) is 32.2. The van der Waals surface area contributed by atoms with Gasteiger partial charge in [-0.3, -0.25) is 9.59 Å². The number of aryl methyl sites for hydroxylation is 2. The van der Waals surface area contributed by atoms with E-state index in [0.29, 0.717) is 6.42 Å². The molecule has 0 spiro atoms. The van der Waals surface area contributed by atoms with Gasteiger partial charge in [-0.15, -0.1) is 9.24 Å². The first-order valence-electron chi connectivity index (χ1n) is 17.8. The van der Waals surface area contributed by atoms with Crippen LogP contribution < -0.4 is 16.4 Å². The number of halogens is 2. The molecular formula is C41H62F2N3O5P. The second-order valence-electron chi connectivity index (χ2n) is 12.2. The molecule has 0 radical (unpaired) electrons. The summed E-state index contributed by atoms with van der Waals surface area (Å²) in [5, 5.41) is 13.6. The molecule has 0 aliphatic rings. The lowest BCUT2D eigenvalue weighted by molar-refractivity contribution is -0.135. The maximum absolute atomic E-state index is 13.4. The Balaban J connectivity index is 0. The Bertz CT molecular complexity index is 1370. The third-order valence-electron chi connectivity index (χ3n) is 7.51. The molecule has 2 amide bonds. The number of amides is 2. The lowest BCUT2D eigenvalue weighted by atomic mass is 10.0. The van der Waals surface area contributed by atoms with Gasteiger partial charge in [-0.05, 0) is 84.9 Å². The maximum atomic E-state index is 13.4. The van der Waals surface area contributed by atoms with Crippen LogP contribution in [0.1, 0.15) is 101 Å². The topological polar surface area (TPSA) is 130 Å². The van der Waals surface area contributed by atoms with Crippen LogP contribution in [0, 0.1) is 24.5 Å². The summed E-state index contributed by atoms with van der Waals surface area (Å²) in [6.45, 7) is 16.4. The minimum absolute atomic E-state index is 0.0191. The van der Waals surface area contributed by atoms with Gasteiger partial charge in [-0.25, -0.2) is 8.78 Å². The molecule has 0 saturated heterocycles. The summed E-state index contributed by atoms with van der Waals surface area (Å²) >= 11 is 0. The van der Waals surface area contributed by atoms with E-state index in [-0.39, 0.29) is 36.9 Å². The van der Waals surface area contributed by atoms with Crippen LogP contribution in [0.5, 0.6) is 0 Å². The summed E-state index contributed by atoms with van der Waals surface area (Å²) in [4.78, 5) is 44.0. The van der Waals surface area contributed by atoms with Crippen LogP contribution in [0.4, 0.5) is 8.78 Å². The van der Waals surface area contributed by atoms with E-state index >= 15 is 0 Å². The fourth-order valence-electron chi connectivity index (χ4n) is 5.05. The number of rotatable bonds is 14. The summed E-state index contributed by atoms with van der Waals surface area (Å²) < 4.78 is 25.8. The smallest absolute Gasteiger partial charge is 0.252 e. The minimum atomic E-state index is -0.875. The molecule has 3 rings (SSSR count). The van der Waals surface area contributed by atoms with Gasteiger partial charge >= 0.3 is 0 Å². The molecule has 0 aliphatic heterocycles. The molecule has 0 saturated carbocycles. The van der Waals surface area contributed by atoms with Gasteiger partial charge in [0.25, 0.3) is 5.91 Å². The van der Waals surface area contributed by atoms with Crippen LogP contribution in [-0.4, -0.2) is 60.1 Å². The second kappa shape index (κ2) is 30.7. The Morgan fingerprint density at radius 2 is 1.52 bits per heavy atom. The van der Waals surface area contributed by atoms with Crippen molar-refractivity contribution in [1.82, 2.24) is 10.2 Å². The highest BCUT2D eigenvalue weighted by molar-refractivity contribution is 7.27. The predicted molar refractivity (Wildman–Crippen MR) is 213 cm³/mol. The molecule has 0 heterocycles. The van der Waals surface area contributed by atoms with E-state index in [0.717, 1.165) is 46.7 Å². The highest BCUT2D eigenvalue weighted by Gasteiger charge is 2.26.